The Bertz CT molecular complexity index is 731. The van der Waals surface area contributed by atoms with Gasteiger partial charge in [-0.25, -0.2) is 0 Å². The molecule has 2 aromatic rings. The van der Waals surface area contributed by atoms with Crippen molar-refractivity contribution in [2.75, 3.05) is 25.1 Å². The molecule has 0 atom stereocenters. The number of amides is 1. The van der Waals surface area contributed by atoms with Crippen LogP contribution in [0.5, 0.6) is 17.2 Å². The van der Waals surface area contributed by atoms with Gasteiger partial charge in [-0.15, -0.1) is 0 Å². The summed E-state index contributed by atoms with van der Waals surface area (Å²) in [4.78, 5) is 12.4. The van der Waals surface area contributed by atoms with E-state index in [-0.39, 0.29) is 5.91 Å². The van der Waals surface area contributed by atoms with Gasteiger partial charge < -0.3 is 19.5 Å². The molecule has 0 unspecified atom stereocenters. The molecule has 1 N–H and O–H groups in total. The lowest BCUT2D eigenvalue weighted by Crippen LogP contribution is -2.12. The first kappa shape index (κ1) is 16.5. The third kappa shape index (κ3) is 3.74. The van der Waals surface area contributed by atoms with E-state index in [9.17, 15) is 4.79 Å². The van der Waals surface area contributed by atoms with Crippen LogP contribution in [0.2, 0.25) is 5.02 Å². The van der Waals surface area contributed by atoms with E-state index < -0.39 is 0 Å². The van der Waals surface area contributed by atoms with Gasteiger partial charge in [0.1, 0.15) is 5.75 Å². The topological polar surface area (TPSA) is 56.8 Å². The molecule has 1 aliphatic heterocycles. The Kier molecular flexibility index (Phi) is 5.11. The smallest absolute Gasteiger partial charge is 0.255 e. The van der Waals surface area contributed by atoms with Gasteiger partial charge in [0.15, 0.2) is 11.5 Å². The van der Waals surface area contributed by atoms with Crippen molar-refractivity contribution in [1.29, 1.82) is 0 Å². The van der Waals surface area contributed by atoms with Gasteiger partial charge in [-0.2, -0.15) is 0 Å². The average Bonchev–Trinajstić information content (AvgIpc) is 2.81. The summed E-state index contributed by atoms with van der Waals surface area (Å²) in [7, 11) is 0. The molecule has 0 radical (unpaired) electrons. The van der Waals surface area contributed by atoms with Crippen LogP contribution < -0.4 is 19.5 Å². The number of nitrogens with one attached hydrogen (secondary N) is 1. The zero-order valence-electron chi connectivity index (χ0n) is 13.3. The second-order valence-corrected chi connectivity index (χ2v) is 5.65. The Morgan fingerprint density at radius 3 is 2.50 bits per heavy atom. The average molecular weight is 348 g/mol. The molecule has 0 bridgehead atoms. The van der Waals surface area contributed by atoms with Crippen LogP contribution in [0.4, 0.5) is 5.69 Å². The first-order valence-corrected chi connectivity index (χ1v) is 8.18. The molecule has 3 rings (SSSR count). The fraction of sp³-hybridized carbons (Fsp3) is 0.278. The summed E-state index contributed by atoms with van der Waals surface area (Å²) in [6, 6.07) is 10.3. The predicted molar refractivity (Wildman–Crippen MR) is 92.6 cm³/mol. The highest BCUT2D eigenvalue weighted by molar-refractivity contribution is 6.34. The van der Waals surface area contributed by atoms with Crippen LogP contribution in [0, 0.1) is 0 Å². The molecule has 6 heteroatoms. The highest BCUT2D eigenvalue weighted by Gasteiger charge is 2.16. The van der Waals surface area contributed by atoms with E-state index in [1.807, 2.05) is 6.92 Å². The van der Waals surface area contributed by atoms with Crippen molar-refractivity contribution < 1.29 is 19.0 Å². The van der Waals surface area contributed by atoms with Crippen LogP contribution in [0.1, 0.15) is 23.7 Å². The lowest BCUT2D eigenvalue weighted by Gasteiger charge is -2.12. The summed E-state index contributed by atoms with van der Waals surface area (Å²) in [6.45, 7) is 3.65. The molecule has 0 saturated heterocycles. The third-order valence-electron chi connectivity index (χ3n) is 3.51. The summed E-state index contributed by atoms with van der Waals surface area (Å²) < 4.78 is 16.6. The van der Waals surface area contributed by atoms with Gasteiger partial charge in [-0.3, -0.25) is 4.79 Å². The van der Waals surface area contributed by atoms with E-state index in [0.717, 1.165) is 12.2 Å². The van der Waals surface area contributed by atoms with E-state index in [1.54, 1.807) is 36.4 Å². The Hall–Kier alpha value is -2.40. The number of carbonyl (C=O) groups excluding carboxylic acids is 1. The van der Waals surface area contributed by atoms with E-state index in [4.69, 9.17) is 25.8 Å². The minimum Gasteiger partial charge on any atom is -0.494 e. The SMILES string of the molecule is CCOc1ccc(C(=O)Nc2cc3c(cc2Cl)OCCCO3)cc1. The second kappa shape index (κ2) is 7.45. The Balaban J connectivity index is 1.77. The summed E-state index contributed by atoms with van der Waals surface area (Å²) in [5, 5.41) is 3.20. The number of fused-ring (bicyclic) bond motifs is 1. The molecule has 0 spiro atoms. The van der Waals surface area contributed by atoms with E-state index in [0.29, 0.717) is 47.6 Å². The molecule has 1 heterocycles. The van der Waals surface area contributed by atoms with Crippen molar-refractivity contribution >= 4 is 23.2 Å². The standard InChI is InChI=1S/C18H18ClNO4/c1-2-22-13-6-4-12(5-7-13)18(21)20-15-11-17-16(10-14(15)19)23-8-3-9-24-17/h4-7,10-11H,2-3,8-9H2,1H3,(H,20,21). The quantitative estimate of drug-likeness (QED) is 0.902. The maximum absolute atomic E-state index is 12.4. The minimum absolute atomic E-state index is 0.255. The Morgan fingerprint density at radius 2 is 1.83 bits per heavy atom. The van der Waals surface area contributed by atoms with E-state index in [1.165, 1.54) is 0 Å². The molecule has 24 heavy (non-hydrogen) atoms. The highest BCUT2D eigenvalue weighted by atomic mass is 35.5. The van der Waals surface area contributed by atoms with Gasteiger partial charge in [-0.1, -0.05) is 11.6 Å². The zero-order valence-corrected chi connectivity index (χ0v) is 14.1. The highest BCUT2D eigenvalue weighted by Crippen LogP contribution is 2.37. The van der Waals surface area contributed by atoms with Crippen LogP contribution in [-0.4, -0.2) is 25.7 Å². The van der Waals surface area contributed by atoms with Crippen molar-refractivity contribution in [3.63, 3.8) is 0 Å². The molecular weight excluding hydrogens is 330 g/mol. The number of ether oxygens (including phenoxy) is 3. The fourth-order valence-corrected chi connectivity index (χ4v) is 2.54. The normalized spacial score (nSPS) is 13.1. The number of hydrogen-bond acceptors (Lipinski definition) is 4. The maximum atomic E-state index is 12.4. The van der Waals surface area contributed by atoms with Crippen LogP contribution in [0.25, 0.3) is 0 Å². The molecule has 0 aromatic heterocycles. The molecule has 126 valence electrons. The first-order valence-electron chi connectivity index (χ1n) is 7.80. The molecule has 5 nitrogen and oxygen atoms in total. The first-order chi connectivity index (χ1) is 11.7. The van der Waals surface area contributed by atoms with Gasteiger partial charge in [0, 0.05) is 24.1 Å². The van der Waals surface area contributed by atoms with Gasteiger partial charge in [0.05, 0.1) is 30.5 Å². The number of benzene rings is 2. The number of carbonyl (C=O) groups is 1. The minimum atomic E-state index is -0.255. The molecule has 0 aliphatic carbocycles. The largest absolute Gasteiger partial charge is 0.494 e. The Morgan fingerprint density at radius 1 is 1.17 bits per heavy atom. The third-order valence-corrected chi connectivity index (χ3v) is 3.83. The lowest BCUT2D eigenvalue weighted by atomic mass is 10.2. The molecule has 2 aromatic carbocycles. The van der Waals surface area contributed by atoms with Crippen LogP contribution in [0.3, 0.4) is 0 Å². The van der Waals surface area contributed by atoms with Crippen molar-refractivity contribution in [1.82, 2.24) is 0 Å². The zero-order chi connectivity index (χ0) is 16.9. The number of hydrogen-bond donors (Lipinski definition) is 1. The number of halogens is 1. The van der Waals surface area contributed by atoms with Crippen molar-refractivity contribution in [3.05, 3.63) is 47.0 Å². The molecule has 0 saturated carbocycles. The van der Waals surface area contributed by atoms with E-state index in [2.05, 4.69) is 5.32 Å². The monoisotopic (exact) mass is 347 g/mol. The number of anilines is 1. The molecule has 0 fully saturated rings. The van der Waals surface area contributed by atoms with Crippen LogP contribution in [0.15, 0.2) is 36.4 Å². The van der Waals surface area contributed by atoms with Gasteiger partial charge in [0.25, 0.3) is 5.91 Å². The fourth-order valence-electron chi connectivity index (χ4n) is 2.34. The van der Waals surface area contributed by atoms with E-state index >= 15 is 0 Å². The van der Waals surface area contributed by atoms with Crippen molar-refractivity contribution in [3.8, 4) is 17.2 Å². The number of rotatable bonds is 4. The summed E-state index contributed by atoms with van der Waals surface area (Å²) in [6.07, 6.45) is 0.806. The maximum Gasteiger partial charge on any atom is 0.255 e. The van der Waals surface area contributed by atoms with Gasteiger partial charge in [-0.05, 0) is 31.2 Å². The van der Waals surface area contributed by atoms with Gasteiger partial charge >= 0.3 is 0 Å². The Labute approximate surface area is 145 Å². The summed E-state index contributed by atoms with van der Waals surface area (Å²) in [5.74, 6) is 1.65. The predicted octanol–water partition coefficient (Wildman–Crippen LogP) is 4.15. The summed E-state index contributed by atoms with van der Waals surface area (Å²) >= 11 is 6.24. The summed E-state index contributed by atoms with van der Waals surface area (Å²) in [5.41, 5.74) is 1.00. The lowest BCUT2D eigenvalue weighted by molar-refractivity contribution is 0.102. The molecule has 1 aliphatic rings. The van der Waals surface area contributed by atoms with Crippen molar-refractivity contribution in [2.45, 2.75) is 13.3 Å². The molecule has 1 amide bonds. The van der Waals surface area contributed by atoms with Crippen LogP contribution >= 0.6 is 11.6 Å². The van der Waals surface area contributed by atoms with Crippen LogP contribution in [-0.2, 0) is 0 Å². The second-order valence-electron chi connectivity index (χ2n) is 5.24. The molecular formula is C18H18ClNO4. The van der Waals surface area contributed by atoms with Gasteiger partial charge in [0.2, 0.25) is 0 Å². The van der Waals surface area contributed by atoms with Crippen molar-refractivity contribution in [2.24, 2.45) is 0 Å².